The number of halogens is 1. The number of ether oxygens (including phenoxy) is 3. The Hall–Kier alpha value is -3.59. The van der Waals surface area contributed by atoms with Crippen LogP contribution in [0.4, 0.5) is 5.82 Å². The Balaban J connectivity index is 1.23. The zero-order chi connectivity index (χ0) is 32.5. The predicted molar refractivity (Wildman–Crippen MR) is 171 cm³/mol. The topological polar surface area (TPSA) is 164 Å². The smallest absolute Gasteiger partial charge is 0.311 e. The van der Waals surface area contributed by atoms with E-state index in [0.29, 0.717) is 66.5 Å². The molecule has 2 aliphatic heterocycles. The van der Waals surface area contributed by atoms with Gasteiger partial charge in [-0.15, -0.1) is 0 Å². The SMILES string of the molecule is CC(OC(=O)C(C)(C)C)C(=O)N[C@H](C)C(=O)N1CCC(Cn2c(Sc3cc4c(cc3Br)OCCO4)nc3c(N)ncnc32)CC1. The van der Waals surface area contributed by atoms with Gasteiger partial charge < -0.3 is 34.7 Å². The number of anilines is 1. The maximum absolute atomic E-state index is 13.2. The number of benzene rings is 1. The van der Waals surface area contributed by atoms with E-state index in [2.05, 4.69) is 35.8 Å². The Morgan fingerprint density at radius 3 is 2.47 bits per heavy atom. The molecule has 2 atom stereocenters. The first-order valence-electron chi connectivity index (χ1n) is 14.9. The predicted octanol–water partition coefficient (Wildman–Crippen LogP) is 3.81. The van der Waals surface area contributed by atoms with Crippen molar-refractivity contribution in [1.82, 2.24) is 29.7 Å². The molecule has 2 amide bonds. The fraction of sp³-hybridized carbons (Fsp3) is 0.533. The average Bonchev–Trinajstić information content (AvgIpc) is 3.34. The van der Waals surface area contributed by atoms with Gasteiger partial charge >= 0.3 is 5.97 Å². The third-order valence-electron chi connectivity index (χ3n) is 7.68. The van der Waals surface area contributed by atoms with E-state index in [4.69, 9.17) is 24.9 Å². The quantitative estimate of drug-likeness (QED) is 0.328. The highest BCUT2D eigenvalue weighted by molar-refractivity contribution is 9.10. The van der Waals surface area contributed by atoms with Crippen LogP contribution < -0.4 is 20.5 Å². The largest absolute Gasteiger partial charge is 0.486 e. The third kappa shape index (κ3) is 7.46. The summed E-state index contributed by atoms with van der Waals surface area (Å²) >= 11 is 5.12. The van der Waals surface area contributed by atoms with Crippen molar-refractivity contribution in [1.29, 1.82) is 0 Å². The van der Waals surface area contributed by atoms with Crippen molar-refractivity contribution in [2.24, 2.45) is 11.3 Å². The molecule has 5 rings (SSSR count). The molecular formula is C30H38BrN7O6S. The highest BCUT2D eigenvalue weighted by Gasteiger charge is 2.31. The summed E-state index contributed by atoms with van der Waals surface area (Å²) in [5.41, 5.74) is 6.63. The number of rotatable bonds is 8. The summed E-state index contributed by atoms with van der Waals surface area (Å²) in [6.45, 7) is 11.0. The van der Waals surface area contributed by atoms with Gasteiger partial charge in [0.25, 0.3) is 5.91 Å². The van der Waals surface area contributed by atoms with E-state index in [1.807, 2.05) is 12.1 Å². The number of fused-ring (bicyclic) bond motifs is 2. The molecule has 4 heterocycles. The van der Waals surface area contributed by atoms with Gasteiger partial charge in [-0.2, -0.15) is 0 Å². The van der Waals surface area contributed by atoms with Gasteiger partial charge in [0.2, 0.25) is 5.91 Å². The molecular weight excluding hydrogens is 666 g/mol. The first-order valence-corrected chi connectivity index (χ1v) is 16.5. The van der Waals surface area contributed by atoms with Crippen LogP contribution in [0.2, 0.25) is 0 Å². The van der Waals surface area contributed by atoms with Gasteiger partial charge in [0.1, 0.15) is 25.6 Å². The van der Waals surface area contributed by atoms with Crippen molar-refractivity contribution in [3.63, 3.8) is 0 Å². The first-order chi connectivity index (χ1) is 21.3. The second kappa shape index (κ2) is 13.4. The molecule has 2 aromatic heterocycles. The maximum Gasteiger partial charge on any atom is 0.311 e. The van der Waals surface area contributed by atoms with Gasteiger partial charge in [0, 0.05) is 29.0 Å². The standard InChI is InChI=1S/C30H38BrN7O6S/c1-16(35-26(39)17(2)44-28(41)30(3,4)5)27(40)37-8-6-18(7-9-37)14-38-25-23(24(32)33-15-34-25)36-29(38)45-22-13-21-20(12-19(22)31)42-10-11-43-21/h12-13,15-18H,6-11,14H2,1-5H3,(H,35,39)(H2,32,33,34)/t16-,17?/m1/s1. The fourth-order valence-electron chi connectivity index (χ4n) is 5.05. The summed E-state index contributed by atoms with van der Waals surface area (Å²) in [5.74, 6) is 0.752. The molecule has 2 aliphatic rings. The molecule has 0 bridgehead atoms. The highest BCUT2D eigenvalue weighted by Crippen LogP contribution is 2.42. The zero-order valence-corrected chi connectivity index (χ0v) is 28.4. The minimum Gasteiger partial charge on any atom is -0.486 e. The van der Waals surface area contributed by atoms with E-state index in [1.54, 1.807) is 32.6 Å². The molecule has 1 fully saturated rings. The lowest BCUT2D eigenvalue weighted by molar-refractivity contribution is -0.162. The number of hydrogen-bond donors (Lipinski definition) is 2. The minimum atomic E-state index is -1.00. The van der Waals surface area contributed by atoms with E-state index in [9.17, 15) is 14.4 Å². The fourth-order valence-corrected chi connectivity index (χ4v) is 6.54. The number of aromatic nitrogens is 4. The maximum atomic E-state index is 13.2. The van der Waals surface area contributed by atoms with Gasteiger partial charge in [-0.05, 0) is 81.4 Å². The Morgan fingerprint density at radius 2 is 1.80 bits per heavy atom. The van der Waals surface area contributed by atoms with E-state index >= 15 is 0 Å². The van der Waals surface area contributed by atoms with Crippen molar-refractivity contribution in [3.8, 4) is 11.5 Å². The number of imidazole rings is 1. The van der Waals surface area contributed by atoms with Crippen LogP contribution in [0.25, 0.3) is 11.2 Å². The van der Waals surface area contributed by atoms with Crippen molar-refractivity contribution in [2.45, 2.75) is 76.2 Å². The first kappa shape index (κ1) is 32.8. The monoisotopic (exact) mass is 703 g/mol. The van der Waals surface area contributed by atoms with Crippen LogP contribution in [0.1, 0.15) is 47.5 Å². The summed E-state index contributed by atoms with van der Waals surface area (Å²) in [4.78, 5) is 54.1. The van der Waals surface area contributed by atoms with Gasteiger partial charge in [-0.1, -0.05) is 11.8 Å². The molecule has 1 saturated heterocycles. The number of nitrogen functional groups attached to an aromatic ring is 1. The van der Waals surface area contributed by atoms with Gasteiger partial charge in [-0.3, -0.25) is 14.4 Å². The molecule has 1 aromatic carbocycles. The van der Waals surface area contributed by atoms with Gasteiger partial charge in [0.15, 0.2) is 39.7 Å². The summed E-state index contributed by atoms with van der Waals surface area (Å²) in [6, 6.07) is 3.07. The van der Waals surface area contributed by atoms with Gasteiger partial charge in [0.05, 0.1) is 5.41 Å². The van der Waals surface area contributed by atoms with Crippen molar-refractivity contribution >= 4 is 62.5 Å². The Bertz CT molecular complexity index is 1600. The Labute approximate surface area is 274 Å². The highest BCUT2D eigenvalue weighted by atomic mass is 79.9. The molecule has 0 radical (unpaired) electrons. The molecule has 0 saturated carbocycles. The number of amides is 2. The van der Waals surface area contributed by atoms with Crippen LogP contribution in [-0.4, -0.2) is 80.7 Å². The van der Waals surface area contributed by atoms with Crippen LogP contribution in [0.3, 0.4) is 0 Å². The number of piperidine rings is 1. The number of nitrogens with two attached hydrogens (primary N) is 1. The molecule has 13 nitrogen and oxygen atoms in total. The van der Waals surface area contributed by atoms with E-state index in [-0.39, 0.29) is 11.8 Å². The number of carbonyl (C=O) groups excluding carboxylic acids is 3. The third-order valence-corrected chi connectivity index (χ3v) is 9.66. The van der Waals surface area contributed by atoms with Crippen LogP contribution in [0.5, 0.6) is 11.5 Å². The van der Waals surface area contributed by atoms with E-state index < -0.39 is 29.4 Å². The molecule has 1 unspecified atom stereocenters. The lowest BCUT2D eigenvalue weighted by Crippen LogP contribution is -2.51. The lowest BCUT2D eigenvalue weighted by Gasteiger charge is -2.34. The Kier molecular flexibility index (Phi) is 9.77. The van der Waals surface area contributed by atoms with Crippen LogP contribution >= 0.6 is 27.7 Å². The second-order valence-electron chi connectivity index (χ2n) is 12.3. The molecule has 45 heavy (non-hydrogen) atoms. The summed E-state index contributed by atoms with van der Waals surface area (Å²) in [5, 5.41) is 3.41. The number of hydrogen-bond acceptors (Lipinski definition) is 11. The zero-order valence-electron chi connectivity index (χ0n) is 26.0. The minimum absolute atomic E-state index is 0.176. The number of carbonyl (C=O) groups is 3. The molecule has 0 aliphatic carbocycles. The van der Waals surface area contributed by atoms with Crippen LogP contribution in [0.15, 0.2) is 33.0 Å². The molecule has 0 spiro atoms. The molecule has 3 N–H and O–H groups in total. The number of nitrogens with zero attached hydrogens (tertiary/aromatic N) is 5. The van der Waals surface area contributed by atoms with Crippen LogP contribution in [-0.2, 0) is 25.7 Å². The average molecular weight is 705 g/mol. The Morgan fingerprint density at radius 1 is 1.13 bits per heavy atom. The summed E-state index contributed by atoms with van der Waals surface area (Å²) in [7, 11) is 0. The molecule has 3 aromatic rings. The normalized spacial score (nSPS) is 16.7. The molecule has 15 heteroatoms. The summed E-state index contributed by atoms with van der Waals surface area (Å²) < 4.78 is 19.7. The van der Waals surface area contributed by atoms with Crippen molar-refractivity contribution in [3.05, 3.63) is 22.9 Å². The molecule has 242 valence electrons. The van der Waals surface area contributed by atoms with Crippen LogP contribution in [0, 0.1) is 11.3 Å². The summed E-state index contributed by atoms with van der Waals surface area (Å²) in [6.07, 6.45) is 1.94. The lowest BCUT2D eigenvalue weighted by atomic mass is 9.96. The van der Waals surface area contributed by atoms with E-state index in [0.717, 1.165) is 22.2 Å². The van der Waals surface area contributed by atoms with Crippen molar-refractivity contribution in [2.75, 3.05) is 32.0 Å². The number of likely N-dealkylation sites (tertiary alicyclic amines) is 1. The number of nitrogens with one attached hydrogen (secondary N) is 1. The van der Waals surface area contributed by atoms with Crippen molar-refractivity contribution < 1.29 is 28.6 Å². The number of esters is 1. The second-order valence-corrected chi connectivity index (χ2v) is 14.1. The van der Waals surface area contributed by atoms with Gasteiger partial charge in [-0.25, -0.2) is 15.0 Å². The van der Waals surface area contributed by atoms with E-state index in [1.165, 1.54) is 25.0 Å².